The highest BCUT2D eigenvalue weighted by Crippen LogP contribution is 2.40. The van der Waals surface area contributed by atoms with Crippen molar-refractivity contribution in [3.05, 3.63) is 105 Å². The summed E-state index contributed by atoms with van der Waals surface area (Å²) < 4.78 is 0. The molecule has 0 bridgehead atoms. The lowest BCUT2D eigenvalue weighted by molar-refractivity contribution is -0.505. The monoisotopic (exact) mass is 440 g/mol. The normalized spacial score (nSPS) is 12.8. The lowest BCUT2D eigenvalue weighted by atomic mass is 9.97. The van der Waals surface area contributed by atoms with Crippen molar-refractivity contribution in [2.75, 3.05) is 19.0 Å². The molecule has 0 saturated carbocycles. The molecule has 0 fully saturated rings. The predicted molar refractivity (Wildman–Crippen MR) is 122 cm³/mol. The Morgan fingerprint density at radius 3 is 2.10 bits per heavy atom. The van der Waals surface area contributed by atoms with Gasteiger partial charge >= 0.3 is 0 Å². The maximum absolute atomic E-state index is 13.1. The molecular weight excluding hydrogens is 420 g/mol. The van der Waals surface area contributed by atoms with E-state index in [1.54, 1.807) is 54.6 Å². The Morgan fingerprint density at radius 2 is 1.57 bits per heavy atom. The van der Waals surface area contributed by atoms with Crippen molar-refractivity contribution in [2.24, 2.45) is 0 Å². The van der Waals surface area contributed by atoms with Gasteiger partial charge in [-0.25, -0.2) is 0 Å². The van der Waals surface area contributed by atoms with Gasteiger partial charge in [0.1, 0.15) is 5.25 Å². The summed E-state index contributed by atoms with van der Waals surface area (Å²) in [4.78, 5) is 27.5. The van der Waals surface area contributed by atoms with Crippen LogP contribution >= 0.6 is 23.4 Å². The van der Waals surface area contributed by atoms with Gasteiger partial charge in [0.05, 0.1) is 0 Å². The second-order valence-corrected chi connectivity index (χ2v) is 8.59. The molecule has 3 aromatic rings. The van der Waals surface area contributed by atoms with Gasteiger partial charge in [0, 0.05) is 40.2 Å². The van der Waals surface area contributed by atoms with Crippen molar-refractivity contribution >= 4 is 34.8 Å². The minimum Gasteiger partial charge on any atom is -0.378 e. The lowest BCUT2D eigenvalue weighted by Crippen LogP contribution is -2.34. The van der Waals surface area contributed by atoms with Crippen LogP contribution in [0.4, 0.5) is 5.69 Å². The van der Waals surface area contributed by atoms with E-state index in [0.29, 0.717) is 16.1 Å². The topological polar surface area (TPSA) is 63.5 Å². The first-order chi connectivity index (χ1) is 14.4. The average molecular weight is 441 g/mol. The zero-order valence-electron chi connectivity index (χ0n) is 16.6. The quantitative estimate of drug-likeness (QED) is 0.192. The molecular formula is C23H21ClN2O3S. The third-order valence-electron chi connectivity index (χ3n) is 4.66. The molecule has 0 N–H and O–H groups in total. The number of halogens is 1. The van der Waals surface area contributed by atoms with Gasteiger partial charge in [0.15, 0.2) is 0 Å². The standard InChI is InChI=1S/C23H21ClN2O3S/c1-25(2)19-12-8-17(9-13-19)23(30-20-14-10-18(24)11-15-20)21(26(28)29)22(27)16-6-4-3-5-7-16/h3-15,21,23H,1-2H3. The molecule has 0 aliphatic heterocycles. The Hall–Kier alpha value is -2.83. The molecule has 7 heteroatoms. The minimum absolute atomic E-state index is 0.325. The molecule has 0 aromatic heterocycles. The summed E-state index contributed by atoms with van der Waals surface area (Å²) in [6.45, 7) is 0. The van der Waals surface area contributed by atoms with Crippen LogP contribution in [-0.4, -0.2) is 30.8 Å². The second-order valence-electron chi connectivity index (χ2n) is 6.94. The number of carbonyl (C=O) groups is 1. The van der Waals surface area contributed by atoms with Gasteiger partial charge in [-0.05, 0) is 42.0 Å². The molecule has 0 radical (unpaired) electrons. The fraction of sp³-hybridized carbons (Fsp3) is 0.174. The summed E-state index contributed by atoms with van der Waals surface area (Å²) in [6, 6.07) is 21.5. The van der Waals surface area contributed by atoms with Crippen LogP contribution in [0.5, 0.6) is 0 Å². The molecule has 0 heterocycles. The second kappa shape index (κ2) is 9.78. The molecule has 3 aromatic carbocycles. The number of rotatable bonds is 8. The molecule has 5 nitrogen and oxygen atoms in total. The third-order valence-corrected chi connectivity index (χ3v) is 6.24. The van der Waals surface area contributed by atoms with E-state index in [2.05, 4.69) is 0 Å². The minimum atomic E-state index is -1.43. The van der Waals surface area contributed by atoms with Crippen LogP contribution in [0.3, 0.4) is 0 Å². The van der Waals surface area contributed by atoms with Crippen molar-refractivity contribution in [1.82, 2.24) is 0 Å². The summed E-state index contributed by atoms with van der Waals surface area (Å²) >= 11 is 7.27. The number of nitro groups is 1. The van der Waals surface area contributed by atoms with Gasteiger partial charge in [-0.2, -0.15) is 0 Å². The Labute approximate surface area is 184 Å². The van der Waals surface area contributed by atoms with Crippen LogP contribution < -0.4 is 4.90 Å². The first kappa shape index (κ1) is 21.9. The number of hydrogen-bond donors (Lipinski definition) is 0. The van der Waals surface area contributed by atoms with Crippen molar-refractivity contribution in [3.8, 4) is 0 Å². The van der Waals surface area contributed by atoms with Crippen LogP contribution in [0.2, 0.25) is 5.02 Å². The van der Waals surface area contributed by atoms with E-state index in [4.69, 9.17) is 11.6 Å². The fourth-order valence-electron chi connectivity index (χ4n) is 3.05. The van der Waals surface area contributed by atoms with E-state index < -0.39 is 22.0 Å². The Balaban J connectivity index is 2.04. The van der Waals surface area contributed by atoms with E-state index in [1.165, 1.54) is 11.8 Å². The number of benzene rings is 3. The van der Waals surface area contributed by atoms with Gasteiger partial charge in [-0.15, -0.1) is 11.8 Å². The Kier molecular flexibility index (Phi) is 7.13. The number of anilines is 1. The molecule has 0 aliphatic carbocycles. The summed E-state index contributed by atoms with van der Waals surface area (Å²) in [5.74, 6) is -0.510. The summed E-state index contributed by atoms with van der Waals surface area (Å²) in [6.07, 6.45) is 0. The molecule has 30 heavy (non-hydrogen) atoms. The van der Waals surface area contributed by atoms with Crippen molar-refractivity contribution in [1.29, 1.82) is 0 Å². The fourth-order valence-corrected chi connectivity index (χ4v) is 4.41. The van der Waals surface area contributed by atoms with Crippen LogP contribution in [0, 0.1) is 10.1 Å². The molecule has 2 atom stereocenters. The maximum Gasteiger partial charge on any atom is 0.290 e. The van der Waals surface area contributed by atoms with Gasteiger partial charge in [0.25, 0.3) is 6.04 Å². The van der Waals surface area contributed by atoms with Crippen molar-refractivity contribution in [3.63, 3.8) is 0 Å². The highest BCUT2D eigenvalue weighted by Gasteiger charge is 2.40. The average Bonchev–Trinajstić information content (AvgIpc) is 2.75. The van der Waals surface area contributed by atoms with E-state index in [-0.39, 0.29) is 0 Å². The molecule has 2 unspecified atom stereocenters. The molecule has 3 rings (SSSR count). The smallest absolute Gasteiger partial charge is 0.290 e. The van der Waals surface area contributed by atoms with E-state index in [1.807, 2.05) is 43.3 Å². The number of nitrogens with zero attached hydrogens (tertiary/aromatic N) is 2. The highest BCUT2D eigenvalue weighted by molar-refractivity contribution is 7.99. The van der Waals surface area contributed by atoms with Gasteiger partial charge < -0.3 is 4.90 Å². The number of carbonyl (C=O) groups excluding carboxylic acids is 1. The largest absolute Gasteiger partial charge is 0.378 e. The summed E-state index contributed by atoms with van der Waals surface area (Å²) in [7, 11) is 3.85. The van der Waals surface area contributed by atoms with Crippen LogP contribution in [0.25, 0.3) is 0 Å². The van der Waals surface area contributed by atoms with Crippen LogP contribution in [0.1, 0.15) is 21.2 Å². The number of hydrogen-bond acceptors (Lipinski definition) is 5. The van der Waals surface area contributed by atoms with Crippen LogP contribution in [0.15, 0.2) is 83.8 Å². The van der Waals surface area contributed by atoms with E-state index >= 15 is 0 Å². The Morgan fingerprint density at radius 1 is 0.967 bits per heavy atom. The number of ketones is 1. The zero-order chi connectivity index (χ0) is 21.7. The first-order valence-electron chi connectivity index (χ1n) is 9.29. The molecule has 0 spiro atoms. The molecule has 154 valence electrons. The number of Topliss-reactive ketones (excluding diaryl/α,β-unsaturated/α-hetero) is 1. The summed E-state index contributed by atoms with van der Waals surface area (Å²) in [5.41, 5.74) is 2.01. The van der Waals surface area contributed by atoms with E-state index in [0.717, 1.165) is 10.6 Å². The zero-order valence-corrected chi connectivity index (χ0v) is 18.1. The number of thioether (sulfide) groups is 1. The first-order valence-corrected chi connectivity index (χ1v) is 10.5. The summed E-state index contributed by atoms with van der Waals surface area (Å²) in [5, 5.41) is 12.0. The van der Waals surface area contributed by atoms with Gasteiger partial charge in [0.2, 0.25) is 5.78 Å². The Bertz CT molecular complexity index is 1010. The van der Waals surface area contributed by atoms with Crippen molar-refractivity contribution in [2.45, 2.75) is 16.2 Å². The third kappa shape index (κ3) is 5.20. The van der Waals surface area contributed by atoms with Gasteiger partial charge in [-0.1, -0.05) is 54.1 Å². The maximum atomic E-state index is 13.1. The SMILES string of the molecule is CN(C)c1ccc(C(Sc2ccc(Cl)cc2)C(C(=O)c2ccccc2)[N+](=O)[O-])cc1. The molecule has 0 aliphatic rings. The predicted octanol–water partition coefficient (Wildman–Crippen LogP) is 5.77. The van der Waals surface area contributed by atoms with E-state index in [9.17, 15) is 14.9 Å². The van der Waals surface area contributed by atoms with Gasteiger partial charge in [-0.3, -0.25) is 14.9 Å². The van der Waals surface area contributed by atoms with Crippen LogP contribution in [-0.2, 0) is 0 Å². The highest BCUT2D eigenvalue weighted by atomic mass is 35.5. The molecule has 0 saturated heterocycles. The molecule has 0 amide bonds. The van der Waals surface area contributed by atoms with Crippen molar-refractivity contribution < 1.29 is 9.72 Å². The lowest BCUT2D eigenvalue weighted by Gasteiger charge is -2.21.